The Morgan fingerprint density at radius 3 is 2.35 bits per heavy atom. The van der Waals surface area contributed by atoms with Crippen molar-refractivity contribution in [1.29, 1.82) is 0 Å². The molecule has 0 aliphatic heterocycles. The van der Waals surface area contributed by atoms with Gasteiger partial charge in [0.15, 0.2) is 0 Å². The van der Waals surface area contributed by atoms with Crippen LogP contribution in [0, 0.1) is 6.92 Å². The Hall–Kier alpha value is -3.22. The minimum absolute atomic E-state index is 0.0840. The first-order chi connectivity index (χ1) is 12.4. The second-order valence-electron chi connectivity index (χ2n) is 5.68. The van der Waals surface area contributed by atoms with E-state index in [-0.39, 0.29) is 18.4 Å². The zero-order valence-electron chi connectivity index (χ0n) is 15.3. The molecule has 3 N–H and O–H groups in total. The van der Waals surface area contributed by atoms with Gasteiger partial charge in [-0.25, -0.2) is 0 Å². The summed E-state index contributed by atoms with van der Waals surface area (Å²) >= 11 is 0. The van der Waals surface area contributed by atoms with Gasteiger partial charge in [0.05, 0.1) is 26.5 Å². The van der Waals surface area contributed by atoms with Gasteiger partial charge in [0.25, 0.3) is 0 Å². The molecule has 0 fully saturated rings. The van der Waals surface area contributed by atoms with Gasteiger partial charge < -0.3 is 25.4 Å². The van der Waals surface area contributed by atoms with Crippen molar-refractivity contribution in [3.63, 3.8) is 0 Å². The first-order valence-electron chi connectivity index (χ1n) is 8.07. The van der Waals surface area contributed by atoms with Crippen LogP contribution < -0.4 is 25.4 Å². The fourth-order valence-electron chi connectivity index (χ4n) is 2.42. The average Bonchev–Trinajstić information content (AvgIpc) is 2.60. The third kappa shape index (κ3) is 5.14. The van der Waals surface area contributed by atoms with Crippen molar-refractivity contribution in [1.82, 2.24) is 0 Å². The second-order valence-corrected chi connectivity index (χ2v) is 5.68. The maximum atomic E-state index is 12.3. The zero-order valence-corrected chi connectivity index (χ0v) is 15.3. The highest BCUT2D eigenvalue weighted by Crippen LogP contribution is 2.28. The normalized spacial score (nSPS) is 10.0. The van der Waals surface area contributed by atoms with Crippen molar-refractivity contribution in [2.24, 2.45) is 0 Å². The van der Waals surface area contributed by atoms with Crippen LogP contribution in [-0.2, 0) is 9.59 Å². The molecular weight excluding hydrogens is 334 g/mol. The summed E-state index contributed by atoms with van der Waals surface area (Å²) in [6.45, 7) is 3.44. The summed E-state index contributed by atoms with van der Waals surface area (Å²) in [5.74, 6) is 0.840. The van der Waals surface area contributed by atoms with Crippen molar-refractivity contribution < 1.29 is 19.1 Å². The minimum atomic E-state index is -0.238. The number of ether oxygens (including phenoxy) is 2. The highest BCUT2D eigenvalue weighted by molar-refractivity contribution is 5.97. The molecule has 0 saturated carbocycles. The number of amides is 2. The quantitative estimate of drug-likeness (QED) is 0.709. The number of nitrogens with one attached hydrogen (secondary N) is 3. The van der Waals surface area contributed by atoms with Crippen LogP contribution in [0.15, 0.2) is 36.4 Å². The number of hydrogen-bond donors (Lipinski definition) is 3. The molecule has 2 rings (SSSR count). The van der Waals surface area contributed by atoms with E-state index in [4.69, 9.17) is 9.47 Å². The van der Waals surface area contributed by atoms with Gasteiger partial charge in [0.2, 0.25) is 11.8 Å². The van der Waals surface area contributed by atoms with E-state index in [1.54, 1.807) is 25.3 Å². The molecule has 0 radical (unpaired) electrons. The number of hydrogen-bond acceptors (Lipinski definition) is 5. The largest absolute Gasteiger partial charge is 0.497 e. The molecular formula is C19H23N3O4. The number of benzene rings is 2. The number of carbonyl (C=O) groups is 2. The molecule has 2 aromatic carbocycles. The maximum Gasteiger partial charge on any atom is 0.243 e. The molecule has 138 valence electrons. The van der Waals surface area contributed by atoms with Crippen LogP contribution in [0.1, 0.15) is 12.5 Å². The van der Waals surface area contributed by atoms with Crippen molar-refractivity contribution in [2.75, 3.05) is 36.7 Å². The highest BCUT2D eigenvalue weighted by atomic mass is 16.5. The topological polar surface area (TPSA) is 88.7 Å². The van der Waals surface area contributed by atoms with Gasteiger partial charge >= 0.3 is 0 Å². The van der Waals surface area contributed by atoms with Gasteiger partial charge in [-0.1, -0.05) is 0 Å². The van der Waals surface area contributed by atoms with E-state index in [2.05, 4.69) is 16.0 Å². The van der Waals surface area contributed by atoms with E-state index in [0.717, 1.165) is 17.0 Å². The molecule has 0 heterocycles. The Bertz CT molecular complexity index is 805. The zero-order chi connectivity index (χ0) is 19.1. The molecule has 0 bridgehead atoms. The minimum Gasteiger partial charge on any atom is -0.497 e. The monoisotopic (exact) mass is 357 g/mol. The van der Waals surface area contributed by atoms with Crippen LogP contribution in [0.2, 0.25) is 0 Å². The predicted octanol–water partition coefficient (Wildman–Crippen LogP) is 3.02. The fraction of sp³-hybridized carbons (Fsp3) is 0.263. The third-order valence-corrected chi connectivity index (χ3v) is 3.67. The van der Waals surface area contributed by atoms with Crippen LogP contribution in [0.5, 0.6) is 11.5 Å². The lowest BCUT2D eigenvalue weighted by Crippen LogP contribution is -2.22. The summed E-state index contributed by atoms with van der Waals surface area (Å²) in [6, 6.07) is 10.6. The summed E-state index contributed by atoms with van der Waals surface area (Å²) < 4.78 is 10.4. The summed E-state index contributed by atoms with van der Waals surface area (Å²) in [5.41, 5.74) is 2.88. The van der Waals surface area contributed by atoms with Crippen LogP contribution in [0.25, 0.3) is 0 Å². The van der Waals surface area contributed by atoms with E-state index in [9.17, 15) is 9.59 Å². The molecule has 7 heteroatoms. The number of anilines is 3. The number of methoxy groups -OCH3 is 2. The summed E-state index contributed by atoms with van der Waals surface area (Å²) in [4.78, 5) is 23.5. The number of rotatable bonds is 7. The van der Waals surface area contributed by atoms with Crippen molar-refractivity contribution in [3.05, 3.63) is 42.0 Å². The summed E-state index contributed by atoms with van der Waals surface area (Å²) in [7, 11) is 3.12. The molecule has 2 aromatic rings. The van der Waals surface area contributed by atoms with Crippen LogP contribution >= 0.6 is 0 Å². The van der Waals surface area contributed by atoms with Crippen LogP contribution in [-0.4, -0.2) is 32.6 Å². The SMILES string of the molecule is COc1ccc(NCC(=O)Nc2cc(NC(C)=O)ccc2OC)c(C)c1. The van der Waals surface area contributed by atoms with Gasteiger partial charge in [-0.05, 0) is 48.9 Å². The average molecular weight is 357 g/mol. The maximum absolute atomic E-state index is 12.3. The third-order valence-electron chi connectivity index (χ3n) is 3.67. The Morgan fingerprint density at radius 1 is 0.962 bits per heavy atom. The Labute approximate surface area is 152 Å². The fourth-order valence-corrected chi connectivity index (χ4v) is 2.42. The van der Waals surface area contributed by atoms with E-state index < -0.39 is 0 Å². The molecule has 0 spiro atoms. The molecule has 0 aromatic heterocycles. The lowest BCUT2D eigenvalue weighted by molar-refractivity contribution is -0.115. The molecule has 0 saturated heterocycles. The first kappa shape index (κ1) is 19.1. The predicted molar refractivity (Wildman–Crippen MR) is 102 cm³/mol. The van der Waals surface area contributed by atoms with Gasteiger partial charge in [-0.2, -0.15) is 0 Å². The molecule has 0 aliphatic carbocycles. The lowest BCUT2D eigenvalue weighted by Gasteiger charge is -2.14. The van der Waals surface area contributed by atoms with Gasteiger partial charge in [0, 0.05) is 18.3 Å². The standard InChI is InChI=1S/C19H23N3O4/c1-12-9-15(25-3)6-7-16(12)20-11-19(24)22-17-10-14(21-13(2)23)5-8-18(17)26-4/h5-10,20H,11H2,1-4H3,(H,21,23)(H,22,24). The Morgan fingerprint density at radius 2 is 1.73 bits per heavy atom. The number of aryl methyl sites for hydroxylation is 1. The molecule has 2 amide bonds. The van der Waals surface area contributed by atoms with Crippen LogP contribution in [0.3, 0.4) is 0 Å². The smallest absolute Gasteiger partial charge is 0.243 e. The number of carbonyl (C=O) groups excluding carboxylic acids is 2. The van der Waals surface area contributed by atoms with E-state index in [1.165, 1.54) is 14.0 Å². The summed E-state index contributed by atoms with van der Waals surface area (Å²) in [6.07, 6.45) is 0. The molecule has 0 aliphatic rings. The van der Waals surface area contributed by atoms with Crippen molar-refractivity contribution in [3.8, 4) is 11.5 Å². The molecule has 0 atom stereocenters. The molecule has 26 heavy (non-hydrogen) atoms. The van der Waals surface area contributed by atoms with E-state index in [1.807, 2.05) is 25.1 Å². The van der Waals surface area contributed by atoms with Gasteiger partial charge in [-0.15, -0.1) is 0 Å². The summed E-state index contributed by atoms with van der Waals surface area (Å²) in [5, 5.41) is 8.55. The van der Waals surface area contributed by atoms with Gasteiger partial charge in [-0.3, -0.25) is 9.59 Å². The van der Waals surface area contributed by atoms with E-state index >= 15 is 0 Å². The first-order valence-corrected chi connectivity index (χ1v) is 8.07. The second kappa shape index (κ2) is 8.75. The lowest BCUT2D eigenvalue weighted by atomic mass is 10.2. The van der Waals surface area contributed by atoms with Gasteiger partial charge in [0.1, 0.15) is 11.5 Å². The van der Waals surface area contributed by atoms with E-state index in [0.29, 0.717) is 17.1 Å². The van der Waals surface area contributed by atoms with Crippen molar-refractivity contribution in [2.45, 2.75) is 13.8 Å². The molecule has 0 unspecified atom stereocenters. The Kier molecular flexibility index (Phi) is 6.43. The van der Waals surface area contributed by atoms with Crippen LogP contribution in [0.4, 0.5) is 17.1 Å². The highest BCUT2D eigenvalue weighted by Gasteiger charge is 2.10. The van der Waals surface area contributed by atoms with Crippen molar-refractivity contribution >= 4 is 28.9 Å². The molecule has 7 nitrogen and oxygen atoms in total. The Balaban J connectivity index is 2.03.